The Morgan fingerprint density at radius 3 is 2.31 bits per heavy atom. The van der Waals surface area contributed by atoms with E-state index in [9.17, 15) is 0 Å². The molecule has 0 N–H and O–H groups in total. The van der Waals surface area contributed by atoms with Crippen LogP contribution in [0, 0.1) is 11.5 Å². The van der Waals surface area contributed by atoms with E-state index in [1.54, 1.807) is 11.8 Å². The number of hydrogen-bond donors (Lipinski definition) is 0. The molecule has 0 aliphatic carbocycles. The third-order valence-corrected chi connectivity index (χ3v) is 3.62. The van der Waals surface area contributed by atoms with E-state index in [0.29, 0.717) is 0 Å². The molecule has 0 unspecified atom stereocenters. The van der Waals surface area contributed by atoms with Gasteiger partial charge in [0.1, 0.15) is 8.07 Å². The zero-order chi connectivity index (χ0) is 12.0. The van der Waals surface area contributed by atoms with Gasteiger partial charge >= 0.3 is 0 Å². The zero-order valence-electron chi connectivity index (χ0n) is 10.4. The maximum atomic E-state index is 3.36. The van der Waals surface area contributed by atoms with E-state index < -0.39 is 8.07 Å². The average molecular weight is 246 g/mol. The fourth-order valence-corrected chi connectivity index (χ4v) is 2.23. The van der Waals surface area contributed by atoms with E-state index in [1.807, 2.05) is 12.1 Å². The molecule has 0 saturated carbocycles. The van der Waals surface area contributed by atoms with Crippen molar-refractivity contribution >= 4 is 24.7 Å². The predicted molar refractivity (Wildman–Crippen MR) is 79.1 cm³/mol. The maximum Gasteiger partial charge on any atom is 0.129 e. The van der Waals surface area contributed by atoms with Crippen LogP contribution in [0.3, 0.4) is 0 Å². The summed E-state index contributed by atoms with van der Waals surface area (Å²) < 4.78 is 0. The molecule has 1 aromatic rings. The van der Waals surface area contributed by atoms with E-state index in [2.05, 4.69) is 61.6 Å². The molecule has 0 radical (unpaired) electrons. The standard InChI is InChI=1S/C14H18SSi/c1-15-14(11-8-12-16(2,3)4)13-9-6-5-7-10-13/h5-7,9-11H,1-4H3/b14-11-. The van der Waals surface area contributed by atoms with Gasteiger partial charge in [-0.2, -0.15) is 0 Å². The van der Waals surface area contributed by atoms with Crippen LogP contribution in [0.4, 0.5) is 0 Å². The van der Waals surface area contributed by atoms with E-state index in [4.69, 9.17) is 0 Å². The van der Waals surface area contributed by atoms with Gasteiger partial charge in [0.2, 0.25) is 0 Å². The van der Waals surface area contributed by atoms with Gasteiger partial charge in [-0.1, -0.05) is 55.9 Å². The smallest absolute Gasteiger partial charge is 0.128 e. The van der Waals surface area contributed by atoms with Crippen molar-refractivity contribution in [1.82, 2.24) is 0 Å². The van der Waals surface area contributed by atoms with Crippen LogP contribution in [-0.2, 0) is 0 Å². The van der Waals surface area contributed by atoms with Crippen molar-refractivity contribution < 1.29 is 0 Å². The molecule has 84 valence electrons. The first-order chi connectivity index (χ1) is 7.53. The topological polar surface area (TPSA) is 0 Å². The van der Waals surface area contributed by atoms with Crippen LogP contribution in [0.5, 0.6) is 0 Å². The first kappa shape index (κ1) is 13.2. The molecule has 16 heavy (non-hydrogen) atoms. The monoisotopic (exact) mass is 246 g/mol. The van der Waals surface area contributed by atoms with E-state index in [-0.39, 0.29) is 0 Å². The molecule has 2 heteroatoms. The van der Waals surface area contributed by atoms with Gasteiger partial charge in [0.25, 0.3) is 0 Å². The van der Waals surface area contributed by atoms with Crippen LogP contribution >= 0.6 is 11.8 Å². The number of allylic oxidation sites excluding steroid dienone is 1. The summed E-state index contributed by atoms with van der Waals surface area (Å²) in [5.41, 5.74) is 4.61. The molecule has 0 bridgehead atoms. The molecule has 0 spiro atoms. The van der Waals surface area contributed by atoms with Gasteiger partial charge < -0.3 is 0 Å². The van der Waals surface area contributed by atoms with E-state index >= 15 is 0 Å². The van der Waals surface area contributed by atoms with Gasteiger partial charge in [-0.15, -0.1) is 17.3 Å². The largest absolute Gasteiger partial charge is 0.129 e. The molecule has 1 rings (SSSR count). The lowest BCUT2D eigenvalue weighted by Crippen LogP contribution is -2.16. The lowest BCUT2D eigenvalue weighted by molar-refractivity contribution is 1.65. The van der Waals surface area contributed by atoms with Crippen molar-refractivity contribution in [2.75, 3.05) is 6.26 Å². The van der Waals surface area contributed by atoms with Gasteiger partial charge in [0.15, 0.2) is 0 Å². The SMILES string of the molecule is CS/C(=C\C#C[Si](C)(C)C)c1ccccc1. The van der Waals surface area contributed by atoms with Crippen molar-refractivity contribution in [2.24, 2.45) is 0 Å². The van der Waals surface area contributed by atoms with Crippen molar-refractivity contribution in [2.45, 2.75) is 19.6 Å². The molecule has 0 aliphatic rings. The molecule has 0 saturated heterocycles. The Kier molecular flexibility index (Phi) is 4.92. The predicted octanol–water partition coefficient (Wildman–Crippen LogP) is 4.27. The van der Waals surface area contributed by atoms with Gasteiger partial charge in [-0.25, -0.2) is 0 Å². The fraction of sp³-hybridized carbons (Fsp3) is 0.286. The molecular weight excluding hydrogens is 228 g/mol. The Bertz CT molecular complexity index is 416. The Hall–Kier alpha value is -0.913. The summed E-state index contributed by atoms with van der Waals surface area (Å²) in [7, 11) is -1.25. The van der Waals surface area contributed by atoms with Crippen molar-refractivity contribution in [3.63, 3.8) is 0 Å². The van der Waals surface area contributed by atoms with E-state index in [1.165, 1.54) is 10.5 Å². The van der Waals surface area contributed by atoms with E-state index in [0.717, 1.165) is 0 Å². The highest BCUT2D eigenvalue weighted by Gasteiger charge is 2.06. The highest BCUT2D eigenvalue weighted by molar-refractivity contribution is 8.07. The van der Waals surface area contributed by atoms with Crippen molar-refractivity contribution in [1.29, 1.82) is 0 Å². The first-order valence-electron chi connectivity index (χ1n) is 5.35. The summed E-state index contributed by atoms with van der Waals surface area (Å²) in [6, 6.07) is 10.4. The Labute approximate surface area is 104 Å². The van der Waals surface area contributed by atoms with Crippen LogP contribution in [0.15, 0.2) is 36.4 Å². The normalized spacial score (nSPS) is 11.9. The van der Waals surface area contributed by atoms with Gasteiger partial charge in [-0.05, 0) is 11.8 Å². The molecule has 0 aromatic heterocycles. The second-order valence-corrected chi connectivity index (χ2v) is 10.2. The molecule has 0 heterocycles. The Morgan fingerprint density at radius 2 is 1.81 bits per heavy atom. The highest BCUT2D eigenvalue weighted by Crippen LogP contribution is 2.24. The highest BCUT2D eigenvalue weighted by atomic mass is 32.2. The van der Waals surface area contributed by atoms with Crippen LogP contribution in [0.1, 0.15) is 5.56 Å². The van der Waals surface area contributed by atoms with Gasteiger partial charge in [0.05, 0.1) is 0 Å². The van der Waals surface area contributed by atoms with Crippen molar-refractivity contribution in [3.8, 4) is 11.5 Å². The minimum Gasteiger partial charge on any atom is -0.128 e. The minimum absolute atomic E-state index is 1.24. The van der Waals surface area contributed by atoms with Crippen LogP contribution in [0.25, 0.3) is 4.91 Å². The summed E-state index contributed by atoms with van der Waals surface area (Å²) in [5, 5.41) is 0. The molecule has 0 atom stereocenters. The minimum atomic E-state index is -1.25. The quantitative estimate of drug-likeness (QED) is 0.555. The fourth-order valence-electron chi connectivity index (χ4n) is 1.18. The van der Waals surface area contributed by atoms with Gasteiger partial charge in [0, 0.05) is 11.0 Å². The third-order valence-electron chi connectivity index (χ3n) is 1.93. The maximum absolute atomic E-state index is 3.36. The molecule has 0 amide bonds. The van der Waals surface area contributed by atoms with Crippen LogP contribution in [0.2, 0.25) is 19.6 Å². The summed E-state index contributed by atoms with van der Waals surface area (Å²) in [6.45, 7) is 6.78. The Morgan fingerprint density at radius 1 is 1.19 bits per heavy atom. The molecule has 1 aromatic carbocycles. The molecular formula is C14H18SSi. The first-order valence-corrected chi connectivity index (χ1v) is 10.1. The number of rotatable bonds is 2. The zero-order valence-corrected chi connectivity index (χ0v) is 12.2. The van der Waals surface area contributed by atoms with Crippen molar-refractivity contribution in [3.05, 3.63) is 42.0 Å². The summed E-state index contributed by atoms with van der Waals surface area (Å²) in [6.07, 6.45) is 4.13. The third kappa shape index (κ3) is 4.74. The second-order valence-electron chi connectivity index (χ2n) is 4.60. The number of hydrogen-bond acceptors (Lipinski definition) is 1. The summed E-state index contributed by atoms with van der Waals surface area (Å²) in [5.74, 6) is 3.20. The van der Waals surface area contributed by atoms with Gasteiger partial charge in [-0.3, -0.25) is 0 Å². The molecule has 0 aliphatic heterocycles. The second kappa shape index (κ2) is 5.98. The summed E-state index contributed by atoms with van der Waals surface area (Å²) in [4.78, 5) is 1.24. The average Bonchev–Trinajstić information content (AvgIpc) is 2.24. The summed E-state index contributed by atoms with van der Waals surface area (Å²) >= 11 is 1.75. The number of thioether (sulfide) groups is 1. The lowest BCUT2D eigenvalue weighted by atomic mass is 10.2. The molecule has 0 nitrogen and oxygen atoms in total. The lowest BCUT2D eigenvalue weighted by Gasteiger charge is -2.04. The molecule has 0 fully saturated rings. The van der Waals surface area contributed by atoms with Crippen LogP contribution in [-0.4, -0.2) is 14.3 Å². The Balaban J connectivity index is 2.91. The number of benzene rings is 1. The van der Waals surface area contributed by atoms with Crippen LogP contribution < -0.4 is 0 Å².